The first-order chi connectivity index (χ1) is 64.2. The molecule has 0 aliphatic rings. The van der Waals surface area contributed by atoms with Crippen molar-refractivity contribution in [2.45, 2.75) is 176 Å². The molecule has 36 heteroatoms. The summed E-state index contributed by atoms with van der Waals surface area (Å²) in [6, 6.07) is 32.0. The molecule has 133 heavy (non-hydrogen) atoms. The van der Waals surface area contributed by atoms with Crippen molar-refractivity contribution in [3.05, 3.63) is 246 Å². The molecule has 0 saturated heterocycles. The number of amides is 11. The van der Waals surface area contributed by atoms with Crippen molar-refractivity contribution in [3.8, 4) is 5.75 Å². The molecule has 13 aromatic rings. The molecule has 694 valence electrons. The highest BCUT2D eigenvalue weighted by atomic mass is 16.4. The molecule has 7 aromatic carbocycles. The maximum atomic E-state index is 15.9. The molecule has 0 spiro atoms. The number of unbranched alkanes of at least 4 members (excludes halogenated alkanes) is 2. The summed E-state index contributed by atoms with van der Waals surface area (Å²) in [6.45, 7) is 0.403. The van der Waals surface area contributed by atoms with E-state index in [1.807, 2.05) is 42.5 Å². The lowest BCUT2D eigenvalue weighted by Crippen LogP contribution is -2.61. The van der Waals surface area contributed by atoms with E-state index >= 15 is 33.6 Å². The molecule has 0 aliphatic carbocycles. The number of para-hydroxylation sites is 6. The minimum absolute atomic E-state index is 0.0582. The van der Waals surface area contributed by atoms with E-state index in [2.05, 4.69) is 83.1 Å². The summed E-state index contributed by atoms with van der Waals surface area (Å²) in [5.74, 6) is -13.1. The molecule has 13 rings (SSSR count). The number of aromatic nitrogens is 6. The van der Waals surface area contributed by atoms with E-state index in [9.17, 15) is 44.1 Å². The average Bonchev–Trinajstić information content (AvgIpc) is 1.62. The zero-order valence-corrected chi connectivity index (χ0v) is 72.9. The summed E-state index contributed by atoms with van der Waals surface area (Å²) in [7, 11) is 0. The van der Waals surface area contributed by atoms with Crippen LogP contribution in [-0.2, 0) is 107 Å². The van der Waals surface area contributed by atoms with Gasteiger partial charge >= 0.3 is 11.9 Å². The third-order valence-corrected chi connectivity index (χ3v) is 23.9. The zero-order chi connectivity index (χ0) is 94.2. The number of aliphatic carboxylic acids is 2. The van der Waals surface area contributed by atoms with Crippen molar-refractivity contribution in [2.24, 2.45) is 22.9 Å². The van der Waals surface area contributed by atoms with E-state index in [1.165, 1.54) is 24.3 Å². The number of benzene rings is 7. The Labute approximate surface area is 762 Å². The maximum absolute atomic E-state index is 15.9. The first-order valence-corrected chi connectivity index (χ1v) is 44.2. The van der Waals surface area contributed by atoms with Crippen molar-refractivity contribution in [3.63, 3.8) is 0 Å². The molecule has 0 saturated carbocycles. The first kappa shape index (κ1) is 95.2. The van der Waals surface area contributed by atoms with Gasteiger partial charge in [-0.15, -0.1) is 0 Å². The second-order valence-corrected chi connectivity index (χ2v) is 33.3. The number of nitrogens with two attached hydrogens (primary N) is 4. The number of phenols is 1. The number of aromatic amines is 6. The third-order valence-electron chi connectivity index (χ3n) is 23.9. The smallest absolute Gasteiger partial charge is 0.303 e. The Morgan fingerprint density at radius 1 is 0.271 bits per heavy atom. The van der Waals surface area contributed by atoms with Crippen LogP contribution in [0.3, 0.4) is 0 Å². The largest absolute Gasteiger partial charge is 0.508 e. The molecule has 11 amide bonds. The Kier molecular flexibility index (Phi) is 32.3. The van der Waals surface area contributed by atoms with Gasteiger partial charge in [0.25, 0.3) is 0 Å². The van der Waals surface area contributed by atoms with Crippen molar-refractivity contribution in [1.82, 2.24) is 83.1 Å². The predicted molar refractivity (Wildman–Crippen MR) is 500 cm³/mol. The predicted octanol–water partition coefficient (Wildman–Crippen LogP) is 4.93. The van der Waals surface area contributed by atoms with Gasteiger partial charge in [-0.2, -0.15) is 0 Å². The second kappa shape index (κ2) is 45.2. The third kappa shape index (κ3) is 25.2. The number of phenolic OH excluding ortho intramolecular Hbond substituents is 1. The standard InChI is InChI=1S/C97H110N20O16/c98-39-15-13-29-75(108-88(124)68(100)42-55-48-102-69-23-7-1-17-62(55)69)89(125)114-81(44-57-50-104-71-25-9-3-19-64(57)71)96(132)111-78(36-38-86(121)122)92(128)116-84(47-60-53-107-74-28-12-6-22-67(60)74)97(133)113-80(41-54-31-33-61(118)34-32-54)93(129)117-83(46-59-52-106-73-27-11-5-21-66(59)73)94(130)109-76(30-14-16-40-99)90(126)115-82(45-58-51-105-72-26-10-4-20-65(58)72)95(131)110-77(35-37-85(119)120)91(127)112-79(87(101)123)43-56-49-103-70-24-8-2-18-63(56)70/h1-12,17-28,31-34,48-53,68,75-84,102-107,118H,13-16,29-30,35-47,98-100H2,(H2,101,123)(H,108,124)(H,109,130)(H,110,131)(H,111,132)(H,112,127)(H,113,133)(H,114,125)(H,115,126)(H,116,128)(H,117,129)(H,119,120)(H,121,122)/t68-,75-,76-,77-,78-,79-,80-,81-,82-,83-,84-/m0/s1. The summed E-state index contributed by atoms with van der Waals surface area (Å²) in [5.41, 5.74) is 32.4. The van der Waals surface area contributed by atoms with E-state index in [0.717, 1.165) is 27.4 Å². The molecule has 6 aromatic heterocycles. The van der Waals surface area contributed by atoms with E-state index in [1.54, 1.807) is 140 Å². The fourth-order valence-corrected chi connectivity index (χ4v) is 16.7. The quantitative estimate of drug-likeness (QED) is 0.0225. The molecule has 0 fully saturated rings. The van der Waals surface area contributed by atoms with Gasteiger partial charge in [-0.1, -0.05) is 121 Å². The highest BCUT2D eigenvalue weighted by Gasteiger charge is 2.39. The number of hydrogen-bond donors (Lipinski definition) is 23. The van der Waals surface area contributed by atoms with E-state index in [-0.39, 0.29) is 83.0 Å². The van der Waals surface area contributed by atoms with Crippen LogP contribution < -0.4 is 76.1 Å². The summed E-state index contributed by atoms with van der Waals surface area (Å²) in [5, 5.41) is 62.7. The Morgan fingerprint density at radius 3 is 0.767 bits per heavy atom. The first-order valence-electron chi connectivity index (χ1n) is 44.2. The van der Waals surface area contributed by atoms with Gasteiger partial charge in [-0.25, -0.2) is 0 Å². The number of carbonyl (C=O) groups excluding carboxylic acids is 11. The van der Waals surface area contributed by atoms with Crippen LogP contribution in [0.15, 0.2) is 207 Å². The van der Waals surface area contributed by atoms with Crippen LogP contribution >= 0.6 is 0 Å². The number of H-pyrrole nitrogens is 6. The van der Waals surface area contributed by atoms with Gasteiger partial charge in [0, 0.05) is 154 Å². The highest BCUT2D eigenvalue weighted by molar-refractivity contribution is 6.02. The van der Waals surface area contributed by atoms with Crippen LogP contribution in [-0.4, -0.2) is 202 Å². The van der Waals surface area contributed by atoms with Crippen LogP contribution in [0.5, 0.6) is 5.75 Å². The van der Waals surface area contributed by atoms with Gasteiger partial charge in [0.2, 0.25) is 65.0 Å². The Hall–Kier alpha value is -15.4. The molecular weight excluding hydrogens is 1700 g/mol. The number of carbonyl (C=O) groups is 13. The van der Waals surface area contributed by atoms with Gasteiger partial charge in [-0.3, -0.25) is 62.3 Å². The van der Waals surface area contributed by atoms with Crippen LogP contribution in [0.1, 0.15) is 103 Å². The Balaban J connectivity index is 0.787. The van der Waals surface area contributed by atoms with Gasteiger partial charge in [0.15, 0.2) is 0 Å². The normalized spacial score (nSPS) is 14.0. The van der Waals surface area contributed by atoms with Crippen LogP contribution in [0, 0.1) is 0 Å². The lowest BCUT2D eigenvalue weighted by atomic mass is 9.99. The number of carboxylic acid groups (broad SMARTS) is 2. The average molecular weight is 1810 g/mol. The summed E-state index contributed by atoms with van der Waals surface area (Å²) in [4.78, 5) is 210. The minimum Gasteiger partial charge on any atom is -0.508 e. The number of primary amides is 1. The minimum atomic E-state index is -1.77. The number of rotatable bonds is 49. The molecule has 0 aliphatic heterocycles. The molecule has 27 N–H and O–H groups in total. The maximum Gasteiger partial charge on any atom is 0.303 e. The Bertz CT molecular complexity index is 6350. The molecule has 0 bridgehead atoms. The molecule has 11 atom stereocenters. The van der Waals surface area contributed by atoms with Crippen molar-refractivity contribution < 1.29 is 77.6 Å². The highest BCUT2D eigenvalue weighted by Crippen LogP contribution is 2.28. The molecular formula is C97H110N20O16. The summed E-state index contributed by atoms with van der Waals surface area (Å²) >= 11 is 0. The van der Waals surface area contributed by atoms with E-state index < -0.39 is 169 Å². The van der Waals surface area contributed by atoms with Crippen LogP contribution in [0.2, 0.25) is 0 Å². The fourth-order valence-electron chi connectivity index (χ4n) is 16.7. The lowest BCUT2D eigenvalue weighted by molar-refractivity contribution is -0.139. The molecule has 6 heterocycles. The zero-order valence-electron chi connectivity index (χ0n) is 72.9. The number of fused-ring (bicyclic) bond motifs is 6. The number of aromatic hydroxyl groups is 1. The van der Waals surface area contributed by atoms with Crippen molar-refractivity contribution >= 4 is 142 Å². The lowest BCUT2D eigenvalue weighted by Gasteiger charge is -2.29. The van der Waals surface area contributed by atoms with Crippen LogP contribution in [0.25, 0.3) is 65.4 Å². The second-order valence-electron chi connectivity index (χ2n) is 33.3. The molecule has 36 nitrogen and oxygen atoms in total. The molecule has 0 radical (unpaired) electrons. The van der Waals surface area contributed by atoms with Crippen molar-refractivity contribution in [2.75, 3.05) is 13.1 Å². The van der Waals surface area contributed by atoms with Gasteiger partial charge in [0.05, 0.1) is 6.04 Å². The van der Waals surface area contributed by atoms with E-state index in [0.29, 0.717) is 96.3 Å². The summed E-state index contributed by atoms with van der Waals surface area (Å²) < 4.78 is 0. The topological polar surface area (TPSA) is 602 Å². The SMILES string of the molecule is NCCCC[C@H](NC(=O)[C@H](Cc1c[nH]c2ccccc12)NC(=O)[C@H](Cc1ccc(O)cc1)NC(=O)[C@H](Cc1c[nH]c2ccccc12)NC(=O)[C@H](CCC(=O)O)NC(=O)[C@H](Cc1c[nH]c2ccccc12)NC(=O)[C@H](CCCCN)NC(=O)[C@@H](N)Cc1c[nH]c2ccccc12)C(=O)N[C@@H](Cc1c[nH]c2ccccc12)C(=O)N[C@@H](CCC(=O)O)C(=O)N[C@@H](Cc1c[nH]c2ccccc12)C(N)=O. The van der Waals surface area contributed by atoms with E-state index in [4.69, 9.17) is 22.9 Å². The Morgan fingerprint density at radius 2 is 0.496 bits per heavy atom. The van der Waals surface area contributed by atoms with Crippen molar-refractivity contribution in [1.29, 1.82) is 0 Å². The number of hydrogen-bond acceptors (Lipinski definition) is 17. The monoisotopic (exact) mass is 1810 g/mol. The summed E-state index contributed by atoms with van der Waals surface area (Å²) in [6.07, 6.45) is 7.34. The molecule has 0 unspecified atom stereocenters. The number of nitrogens with one attached hydrogen (secondary N) is 16. The van der Waals surface area contributed by atoms with Gasteiger partial charge in [-0.05, 0) is 158 Å². The fraction of sp³-hybridized carbons (Fsp3) is 0.309. The van der Waals surface area contributed by atoms with Gasteiger partial charge in [0.1, 0.15) is 66.2 Å². The van der Waals surface area contributed by atoms with Gasteiger partial charge < -0.3 is 121 Å². The van der Waals surface area contributed by atoms with Crippen LogP contribution in [0.4, 0.5) is 0 Å². The number of carboxylic acids is 2.